The zero-order chi connectivity index (χ0) is 9.26. The molecule has 3 nitrogen and oxygen atoms in total. The molecule has 0 spiro atoms. The van der Waals surface area contributed by atoms with Crippen LogP contribution >= 0.6 is 0 Å². The number of likely N-dealkylation sites (tertiary alicyclic amines) is 1. The van der Waals surface area contributed by atoms with Crippen molar-refractivity contribution >= 4 is 5.91 Å². The van der Waals surface area contributed by atoms with Gasteiger partial charge < -0.3 is 9.80 Å². The summed E-state index contributed by atoms with van der Waals surface area (Å²) < 4.78 is 0. The Morgan fingerprint density at radius 2 is 1.92 bits per heavy atom. The molecule has 2 heterocycles. The van der Waals surface area contributed by atoms with E-state index in [1.807, 2.05) is 7.05 Å². The first-order valence-corrected chi connectivity index (χ1v) is 4.98. The van der Waals surface area contributed by atoms with Crippen molar-refractivity contribution < 1.29 is 4.79 Å². The largest absolute Gasteiger partial charge is 0.373 e. The highest BCUT2D eigenvalue weighted by atomic mass is 16.2. The zero-order valence-electron chi connectivity index (χ0n) is 8.12. The number of hydrogen-bond acceptors (Lipinski definition) is 2. The number of nitrogens with zero attached hydrogens (tertiary/aromatic N) is 2. The molecule has 13 heavy (non-hydrogen) atoms. The number of hydrogen-bond donors (Lipinski definition) is 0. The minimum atomic E-state index is 0.153. The van der Waals surface area contributed by atoms with E-state index in [2.05, 4.69) is 4.90 Å². The van der Waals surface area contributed by atoms with Crippen LogP contribution < -0.4 is 0 Å². The maximum absolute atomic E-state index is 11.3. The average molecular weight is 180 g/mol. The molecule has 0 aromatic heterocycles. The molecule has 0 bridgehead atoms. The Kier molecular flexibility index (Phi) is 2.25. The van der Waals surface area contributed by atoms with Gasteiger partial charge in [0.15, 0.2) is 0 Å². The Morgan fingerprint density at radius 1 is 1.23 bits per heavy atom. The molecule has 0 aromatic carbocycles. The Morgan fingerprint density at radius 3 is 2.46 bits per heavy atom. The molecule has 0 aliphatic carbocycles. The number of likely N-dealkylation sites (N-methyl/N-ethyl adjacent to an activating group) is 1. The van der Waals surface area contributed by atoms with Crippen LogP contribution in [0.1, 0.15) is 19.3 Å². The second-order valence-corrected chi connectivity index (χ2v) is 3.88. The monoisotopic (exact) mass is 180 g/mol. The first-order chi connectivity index (χ1) is 6.27. The first-order valence-electron chi connectivity index (χ1n) is 4.98. The van der Waals surface area contributed by atoms with E-state index in [1.165, 1.54) is 25.0 Å². The van der Waals surface area contributed by atoms with Crippen molar-refractivity contribution in [3.63, 3.8) is 0 Å². The van der Waals surface area contributed by atoms with E-state index in [0.29, 0.717) is 0 Å². The van der Waals surface area contributed by atoms with Crippen molar-refractivity contribution in [1.29, 1.82) is 0 Å². The molecule has 0 atom stereocenters. The van der Waals surface area contributed by atoms with Gasteiger partial charge in [0.1, 0.15) is 0 Å². The number of piperidine rings is 1. The maximum Gasteiger partial charge on any atom is 0.248 e. The van der Waals surface area contributed by atoms with Gasteiger partial charge in [-0.3, -0.25) is 4.79 Å². The lowest BCUT2D eigenvalue weighted by atomic mass is 10.1. The Labute approximate surface area is 79.0 Å². The highest BCUT2D eigenvalue weighted by molar-refractivity contribution is 5.90. The van der Waals surface area contributed by atoms with Crippen molar-refractivity contribution in [1.82, 2.24) is 9.80 Å². The molecule has 1 amide bonds. The number of carbonyl (C=O) groups is 1. The van der Waals surface area contributed by atoms with Crippen molar-refractivity contribution in [2.24, 2.45) is 0 Å². The molecular formula is C10H16N2O. The molecule has 72 valence electrons. The summed E-state index contributed by atoms with van der Waals surface area (Å²) in [6.45, 7) is 3.07. The molecule has 0 N–H and O–H groups in total. The minimum absolute atomic E-state index is 0.153. The lowest BCUT2D eigenvalue weighted by Gasteiger charge is -2.29. The van der Waals surface area contributed by atoms with Crippen molar-refractivity contribution in [2.75, 3.05) is 26.7 Å². The molecule has 1 fully saturated rings. The lowest BCUT2D eigenvalue weighted by Crippen LogP contribution is -2.31. The van der Waals surface area contributed by atoms with Crippen LogP contribution in [0.2, 0.25) is 0 Å². The van der Waals surface area contributed by atoms with Gasteiger partial charge in [-0.25, -0.2) is 0 Å². The van der Waals surface area contributed by atoms with Crippen molar-refractivity contribution in [3.05, 3.63) is 11.8 Å². The van der Waals surface area contributed by atoms with Gasteiger partial charge in [-0.15, -0.1) is 0 Å². The van der Waals surface area contributed by atoms with Crippen LogP contribution in [0.25, 0.3) is 0 Å². The molecule has 1 saturated heterocycles. The van der Waals surface area contributed by atoms with Gasteiger partial charge in [-0.1, -0.05) is 0 Å². The van der Waals surface area contributed by atoms with Crippen LogP contribution in [-0.4, -0.2) is 42.4 Å². The van der Waals surface area contributed by atoms with Gasteiger partial charge in [0.05, 0.1) is 6.54 Å². The predicted molar refractivity (Wildman–Crippen MR) is 51.1 cm³/mol. The second kappa shape index (κ2) is 3.40. The third-order valence-electron chi connectivity index (χ3n) is 2.83. The van der Waals surface area contributed by atoms with E-state index in [4.69, 9.17) is 0 Å². The summed E-state index contributed by atoms with van der Waals surface area (Å²) in [5.41, 5.74) is 1.22. The van der Waals surface area contributed by atoms with Gasteiger partial charge in [0.25, 0.3) is 0 Å². The topological polar surface area (TPSA) is 23.6 Å². The van der Waals surface area contributed by atoms with Gasteiger partial charge in [0, 0.05) is 31.9 Å². The van der Waals surface area contributed by atoms with Gasteiger partial charge in [-0.2, -0.15) is 0 Å². The van der Waals surface area contributed by atoms with Gasteiger partial charge in [0.2, 0.25) is 5.91 Å². The summed E-state index contributed by atoms with van der Waals surface area (Å²) in [7, 11) is 1.86. The van der Waals surface area contributed by atoms with Crippen LogP contribution in [0.3, 0.4) is 0 Å². The number of amides is 1. The molecule has 2 aliphatic heterocycles. The molecule has 0 radical (unpaired) electrons. The summed E-state index contributed by atoms with van der Waals surface area (Å²) >= 11 is 0. The maximum atomic E-state index is 11.3. The van der Waals surface area contributed by atoms with Crippen LogP contribution in [-0.2, 0) is 4.79 Å². The van der Waals surface area contributed by atoms with E-state index in [9.17, 15) is 4.79 Å². The predicted octanol–water partition coefficient (Wildman–Crippen LogP) is 0.828. The first kappa shape index (κ1) is 8.60. The lowest BCUT2D eigenvalue weighted by molar-refractivity contribution is -0.123. The summed E-state index contributed by atoms with van der Waals surface area (Å²) in [5, 5.41) is 0. The van der Waals surface area contributed by atoms with E-state index in [0.717, 1.165) is 19.6 Å². The molecule has 2 rings (SSSR count). The van der Waals surface area contributed by atoms with Crippen LogP contribution in [0.15, 0.2) is 11.8 Å². The second-order valence-electron chi connectivity index (χ2n) is 3.88. The van der Waals surface area contributed by atoms with Crippen LogP contribution in [0.4, 0.5) is 0 Å². The van der Waals surface area contributed by atoms with Gasteiger partial charge >= 0.3 is 0 Å². The molecule has 2 aliphatic rings. The average Bonchev–Trinajstić information content (AvgIpc) is 2.49. The SMILES string of the molecule is CN1CC(N2CCCCC2)=CC1=O. The highest BCUT2D eigenvalue weighted by Gasteiger charge is 2.22. The van der Waals surface area contributed by atoms with Crippen LogP contribution in [0, 0.1) is 0 Å². The fourth-order valence-electron chi connectivity index (χ4n) is 1.99. The normalized spacial score (nSPS) is 23.8. The summed E-state index contributed by atoms with van der Waals surface area (Å²) in [6.07, 6.45) is 5.67. The molecular weight excluding hydrogens is 164 g/mol. The van der Waals surface area contributed by atoms with Crippen molar-refractivity contribution in [3.8, 4) is 0 Å². The highest BCUT2D eigenvalue weighted by Crippen LogP contribution is 2.18. The van der Waals surface area contributed by atoms with Crippen molar-refractivity contribution in [2.45, 2.75) is 19.3 Å². The third kappa shape index (κ3) is 1.69. The van der Waals surface area contributed by atoms with E-state index in [-0.39, 0.29) is 5.91 Å². The standard InChI is InChI=1S/C10H16N2O/c1-11-8-9(7-10(11)13)12-5-3-2-4-6-12/h7H,2-6,8H2,1H3. The van der Waals surface area contributed by atoms with E-state index >= 15 is 0 Å². The summed E-state index contributed by atoms with van der Waals surface area (Å²) in [4.78, 5) is 15.4. The molecule has 0 saturated carbocycles. The zero-order valence-corrected chi connectivity index (χ0v) is 8.12. The summed E-state index contributed by atoms with van der Waals surface area (Å²) in [5.74, 6) is 0.153. The molecule has 0 unspecified atom stereocenters. The fraction of sp³-hybridized carbons (Fsp3) is 0.700. The Balaban J connectivity index is 2.01. The Bertz CT molecular complexity index is 241. The quantitative estimate of drug-likeness (QED) is 0.596. The molecule has 3 heteroatoms. The van der Waals surface area contributed by atoms with Gasteiger partial charge in [-0.05, 0) is 19.3 Å². The fourth-order valence-corrected chi connectivity index (χ4v) is 1.99. The van der Waals surface area contributed by atoms with E-state index in [1.54, 1.807) is 11.0 Å². The third-order valence-corrected chi connectivity index (χ3v) is 2.83. The Hall–Kier alpha value is -0.990. The summed E-state index contributed by atoms with van der Waals surface area (Å²) in [6, 6.07) is 0. The van der Waals surface area contributed by atoms with E-state index < -0.39 is 0 Å². The number of carbonyl (C=O) groups excluding carboxylic acids is 1. The molecule has 0 aromatic rings. The van der Waals surface area contributed by atoms with Crippen LogP contribution in [0.5, 0.6) is 0 Å². The number of rotatable bonds is 1. The minimum Gasteiger partial charge on any atom is -0.373 e. The smallest absolute Gasteiger partial charge is 0.248 e.